The SMILES string of the molecule is C#CC(CCC)NCCC(C)(C)C(N)=NO. The Labute approximate surface area is 98.3 Å². The summed E-state index contributed by atoms with van der Waals surface area (Å²) in [4.78, 5) is 0. The van der Waals surface area contributed by atoms with E-state index in [9.17, 15) is 0 Å². The molecule has 16 heavy (non-hydrogen) atoms. The smallest absolute Gasteiger partial charge is 0.144 e. The van der Waals surface area contributed by atoms with E-state index >= 15 is 0 Å². The minimum absolute atomic E-state index is 0.119. The van der Waals surface area contributed by atoms with E-state index in [1.165, 1.54) is 0 Å². The van der Waals surface area contributed by atoms with Crippen molar-refractivity contribution in [1.82, 2.24) is 5.32 Å². The first kappa shape index (κ1) is 14.8. The lowest BCUT2D eigenvalue weighted by Crippen LogP contribution is -2.37. The number of nitrogens with one attached hydrogen (secondary N) is 1. The zero-order valence-corrected chi connectivity index (χ0v) is 10.5. The van der Waals surface area contributed by atoms with E-state index in [4.69, 9.17) is 17.4 Å². The number of terminal acetylenes is 1. The van der Waals surface area contributed by atoms with Gasteiger partial charge in [-0.3, -0.25) is 0 Å². The highest BCUT2D eigenvalue weighted by molar-refractivity contribution is 5.85. The second kappa shape index (κ2) is 7.13. The number of nitrogens with two attached hydrogens (primary N) is 1. The molecular formula is C12H23N3O. The van der Waals surface area contributed by atoms with Gasteiger partial charge in [0.2, 0.25) is 0 Å². The molecular weight excluding hydrogens is 202 g/mol. The van der Waals surface area contributed by atoms with Gasteiger partial charge in [-0.2, -0.15) is 0 Å². The molecule has 92 valence electrons. The maximum atomic E-state index is 8.62. The Morgan fingerprint density at radius 2 is 2.25 bits per heavy atom. The zero-order valence-electron chi connectivity index (χ0n) is 10.5. The average molecular weight is 225 g/mol. The maximum Gasteiger partial charge on any atom is 0.144 e. The van der Waals surface area contributed by atoms with Crippen LogP contribution in [0.1, 0.15) is 40.0 Å². The van der Waals surface area contributed by atoms with E-state index < -0.39 is 0 Å². The molecule has 0 aromatic rings. The average Bonchev–Trinajstić information content (AvgIpc) is 2.26. The van der Waals surface area contributed by atoms with Crippen LogP contribution in [0.15, 0.2) is 5.16 Å². The lowest BCUT2D eigenvalue weighted by molar-refractivity contribution is 0.304. The van der Waals surface area contributed by atoms with Gasteiger partial charge in [0.05, 0.1) is 6.04 Å². The Balaban J connectivity index is 4.02. The largest absolute Gasteiger partial charge is 0.409 e. The fraction of sp³-hybridized carbons (Fsp3) is 0.750. The summed E-state index contributed by atoms with van der Waals surface area (Å²) in [6.07, 6.45) is 8.21. The molecule has 1 unspecified atom stereocenters. The van der Waals surface area contributed by atoms with Crippen LogP contribution < -0.4 is 11.1 Å². The second-order valence-corrected chi connectivity index (χ2v) is 4.58. The fourth-order valence-electron chi connectivity index (χ4n) is 1.36. The quantitative estimate of drug-likeness (QED) is 0.202. The van der Waals surface area contributed by atoms with Crippen LogP contribution in [0.4, 0.5) is 0 Å². The van der Waals surface area contributed by atoms with Crippen molar-refractivity contribution >= 4 is 5.84 Å². The van der Waals surface area contributed by atoms with E-state index in [2.05, 4.69) is 23.3 Å². The molecule has 0 saturated heterocycles. The summed E-state index contributed by atoms with van der Waals surface area (Å²) >= 11 is 0. The van der Waals surface area contributed by atoms with Crippen LogP contribution in [0.3, 0.4) is 0 Å². The second-order valence-electron chi connectivity index (χ2n) is 4.58. The van der Waals surface area contributed by atoms with Gasteiger partial charge in [0.1, 0.15) is 5.84 Å². The maximum absolute atomic E-state index is 8.62. The summed E-state index contributed by atoms with van der Waals surface area (Å²) in [6.45, 7) is 6.74. The van der Waals surface area contributed by atoms with Gasteiger partial charge < -0.3 is 16.3 Å². The minimum atomic E-state index is -0.312. The number of rotatable bonds is 7. The molecule has 4 N–H and O–H groups in total. The molecule has 0 aliphatic carbocycles. The third-order valence-electron chi connectivity index (χ3n) is 2.72. The molecule has 0 fully saturated rings. The van der Waals surface area contributed by atoms with Crippen molar-refractivity contribution in [3.63, 3.8) is 0 Å². The van der Waals surface area contributed by atoms with Crippen molar-refractivity contribution in [3.05, 3.63) is 0 Å². The molecule has 4 nitrogen and oxygen atoms in total. The minimum Gasteiger partial charge on any atom is -0.409 e. The van der Waals surface area contributed by atoms with Crippen molar-refractivity contribution in [2.45, 2.75) is 46.1 Å². The van der Waals surface area contributed by atoms with Crippen LogP contribution >= 0.6 is 0 Å². The van der Waals surface area contributed by atoms with E-state index in [0.717, 1.165) is 25.8 Å². The van der Waals surface area contributed by atoms with Gasteiger partial charge in [-0.15, -0.1) is 6.42 Å². The Kier molecular flexibility index (Phi) is 6.59. The molecule has 0 heterocycles. The molecule has 0 radical (unpaired) electrons. The van der Waals surface area contributed by atoms with Crippen molar-refractivity contribution in [2.75, 3.05) is 6.54 Å². The van der Waals surface area contributed by atoms with Crippen LogP contribution in [0.2, 0.25) is 0 Å². The predicted molar refractivity (Wildman–Crippen MR) is 67.3 cm³/mol. The molecule has 0 saturated carbocycles. The highest BCUT2D eigenvalue weighted by atomic mass is 16.4. The normalized spacial score (nSPS) is 14.5. The Morgan fingerprint density at radius 3 is 2.69 bits per heavy atom. The molecule has 1 atom stereocenters. The molecule has 0 aliphatic heterocycles. The van der Waals surface area contributed by atoms with Crippen molar-refractivity contribution in [2.24, 2.45) is 16.3 Å². The van der Waals surface area contributed by atoms with Gasteiger partial charge >= 0.3 is 0 Å². The fourth-order valence-corrected chi connectivity index (χ4v) is 1.36. The standard InChI is InChI=1S/C12H23N3O/c1-5-7-10(6-2)14-9-8-12(3,4)11(13)15-16/h2,10,14,16H,5,7-9H2,1,3-4H3,(H2,13,15). The summed E-state index contributed by atoms with van der Waals surface area (Å²) in [7, 11) is 0. The van der Waals surface area contributed by atoms with Crippen LogP contribution in [-0.2, 0) is 0 Å². The summed E-state index contributed by atoms with van der Waals surface area (Å²) in [6, 6.07) is 0.119. The van der Waals surface area contributed by atoms with E-state index in [-0.39, 0.29) is 17.3 Å². The van der Waals surface area contributed by atoms with Crippen LogP contribution in [0.25, 0.3) is 0 Å². The molecule has 4 heteroatoms. The molecule has 0 rings (SSSR count). The van der Waals surface area contributed by atoms with Gasteiger partial charge in [-0.25, -0.2) is 0 Å². The summed E-state index contributed by atoms with van der Waals surface area (Å²) in [5.41, 5.74) is 5.28. The number of oxime groups is 1. The Hall–Kier alpha value is -1.21. The first-order valence-corrected chi connectivity index (χ1v) is 5.65. The first-order valence-electron chi connectivity index (χ1n) is 5.65. The third-order valence-corrected chi connectivity index (χ3v) is 2.72. The van der Waals surface area contributed by atoms with Gasteiger partial charge in [0, 0.05) is 5.41 Å². The summed E-state index contributed by atoms with van der Waals surface area (Å²) in [5, 5.41) is 14.9. The molecule has 0 bridgehead atoms. The van der Waals surface area contributed by atoms with Gasteiger partial charge in [-0.05, 0) is 19.4 Å². The lowest BCUT2D eigenvalue weighted by atomic mass is 9.88. The third kappa shape index (κ3) is 5.04. The highest BCUT2D eigenvalue weighted by Crippen LogP contribution is 2.19. The van der Waals surface area contributed by atoms with Gasteiger partial charge in [0.15, 0.2) is 0 Å². The van der Waals surface area contributed by atoms with Gasteiger partial charge in [-0.1, -0.05) is 38.3 Å². The van der Waals surface area contributed by atoms with E-state index in [1.54, 1.807) is 0 Å². The number of amidine groups is 1. The molecule has 0 amide bonds. The van der Waals surface area contributed by atoms with Crippen molar-refractivity contribution in [3.8, 4) is 12.3 Å². The molecule has 0 aliphatic rings. The van der Waals surface area contributed by atoms with E-state index in [1.807, 2.05) is 13.8 Å². The topological polar surface area (TPSA) is 70.6 Å². The Bertz CT molecular complexity index is 266. The number of nitrogens with zero attached hydrogens (tertiary/aromatic N) is 1. The van der Waals surface area contributed by atoms with Crippen LogP contribution in [-0.4, -0.2) is 23.6 Å². The monoisotopic (exact) mass is 225 g/mol. The van der Waals surface area contributed by atoms with Gasteiger partial charge in [0.25, 0.3) is 0 Å². The lowest BCUT2D eigenvalue weighted by Gasteiger charge is -2.23. The molecule has 0 aromatic heterocycles. The van der Waals surface area contributed by atoms with Crippen molar-refractivity contribution in [1.29, 1.82) is 0 Å². The predicted octanol–water partition coefficient (Wildman–Crippen LogP) is 1.54. The highest BCUT2D eigenvalue weighted by Gasteiger charge is 2.23. The molecule has 0 spiro atoms. The molecule has 0 aromatic carbocycles. The number of hydrogen-bond donors (Lipinski definition) is 3. The van der Waals surface area contributed by atoms with Crippen LogP contribution in [0, 0.1) is 17.8 Å². The first-order chi connectivity index (χ1) is 7.47. The van der Waals surface area contributed by atoms with Crippen LogP contribution in [0.5, 0.6) is 0 Å². The summed E-state index contributed by atoms with van der Waals surface area (Å²) < 4.78 is 0. The van der Waals surface area contributed by atoms with Crippen molar-refractivity contribution < 1.29 is 5.21 Å². The Morgan fingerprint density at radius 1 is 1.62 bits per heavy atom. The van der Waals surface area contributed by atoms with E-state index in [0.29, 0.717) is 0 Å². The summed E-state index contributed by atoms with van der Waals surface area (Å²) in [5.74, 6) is 2.96. The zero-order chi connectivity index (χ0) is 12.6. The number of hydrogen-bond acceptors (Lipinski definition) is 3.